The molecule has 1 fully saturated rings. The normalized spacial score (nSPS) is 15.7. The van der Waals surface area contributed by atoms with Crippen molar-refractivity contribution in [2.75, 3.05) is 24.6 Å². The number of carboxylic acid groups (broad SMARTS) is 1. The second-order valence-electron chi connectivity index (χ2n) is 4.98. The van der Waals surface area contributed by atoms with Crippen molar-refractivity contribution in [2.24, 2.45) is 0 Å². The largest absolute Gasteiger partial charge is 0.481 e. The highest BCUT2D eigenvalue weighted by molar-refractivity contribution is 6.32. The second kappa shape index (κ2) is 7.30. The van der Waals surface area contributed by atoms with Gasteiger partial charge >= 0.3 is 5.97 Å². The van der Waals surface area contributed by atoms with Gasteiger partial charge in [0.05, 0.1) is 29.7 Å². The summed E-state index contributed by atoms with van der Waals surface area (Å²) in [5.74, 6) is -0.834. The minimum Gasteiger partial charge on any atom is -0.481 e. The molecule has 0 radical (unpaired) electrons. The minimum absolute atomic E-state index is 0.0471. The molecule has 0 spiro atoms. The van der Waals surface area contributed by atoms with Gasteiger partial charge < -0.3 is 14.7 Å². The molecule has 2 rings (SSSR count). The smallest absolute Gasteiger partial charge is 0.305 e. The Balaban J connectivity index is 1.85. The van der Waals surface area contributed by atoms with Crippen molar-refractivity contribution in [1.29, 1.82) is 5.26 Å². The van der Waals surface area contributed by atoms with E-state index in [2.05, 4.69) is 4.90 Å². The maximum absolute atomic E-state index is 10.4. The standard InChI is InChI=1S/C15H17ClN2O3/c16-14-9-12(2-1-11(14)10-17)18-6-3-13(4-7-18)21-8-5-15(19)20/h1-2,9,13H,3-8H2,(H,19,20). The monoisotopic (exact) mass is 308 g/mol. The van der Waals surface area contributed by atoms with E-state index < -0.39 is 5.97 Å². The van der Waals surface area contributed by atoms with Crippen LogP contribution in [-0.4, -0.2) is 36.9 Å². The predicted octanol–water partition coefficient (Wildman–Crippen LogP) is 2.67. The van der Waals surface area contributed by atoms with Crippen molar-refractivity contribution < 1.29 is 14.6 Å². The maximum Gasteiger partial charge on any atom is 0.305 e. The van der Waals surface area contributed by atoms with E-state index in [4.69, 9.17) is 26.7 Å². The molecule has 0 unspecified atom stereocenters. The summed E-state index contributed by atoms with van der Waals surface area (Å²) in [6.07, 6.45) is 1.88. The van der Waals surface area contributed by atoms with Gasteiger partial charge in [-0.05, 0) is 31.0 Å². The third-order valence-electron chi connectivity index (χ3n) is 3.55. The number of hydrogen-bond acceptors (Lipinski definition) is 4. The van der Waals surface area contributed by atoms with Crippen LogP contribution >= 0.6 is 11.6 Å². The number of benzene rings is 1. The molecule has 5 nitrogen and oxygen atoms in total. The Kier molecular flexibility index (Phi) is 5.43. The first-order chi connectivity index (χ1) is 10.1. The van der Waals surface area contributed by atoms with Crippen molar-refractivity contribution in [2.45, 2.75) is 25.4 Å². The molecule has 0 amide bonds. The molecule has 1 saturated heterocycles. The van der Waals surface area contributed by atoms with E-state index in [9.17, 15) is 4.79 Å². The van der Waals surface area contributed by atoms with E-state index in [0.29, 0.717) is 10.6 Å². The Morgan fingerprint density at radius 1 is 1.48 bits per heavy atom. The average Bonchev–Trinajstić information content (AvgIpc) is 2.47. The lowest BCUT2D eigenvalue weighted by Gasteiger charge is -2.33. The molecular weight excluding hydrogens is 292 g/mol. The van der Waals surface area contributed by atoms with Crippen LogP contribution in [0, 0.1) is 11.3 Å². The number of anilines is 1. The molecule has 0 aromatic heterocycles. The van der Waals surface area contributed by atoms with Crippen LogP contribution in [0.25, 0.3) is 0 Å². The quantitative estimate of drug-likeness (QED) is 0.905. The molecule has 0 aliphatic carbocycles. The molecule has 112 valence electrons. The second-order valence-corrected chi connectivity index (χ2v) is 5.38. The molecular formula is C15H17ClN2O3. The van der Waals surface area contributed by atoms with E-state index in [-0.39, 0.29) is 19.1 Å². The molecule has 0 atom stereocenters. The van der Waals surface area contributed by atoms with Crippen LogP contribution in [0.5, 0.6) is 0 Å². The summed E-state index contributed by atoms with van der Waals surface area (Å²) < 4.78 is 5.56. The van der Waals surface area contributed by atoms with Crippen LogP contribution < -0.4 is 4.90 Å². The Bertz CT molecular complexity index is 548. The van der Waals surface area contributed by atoms with Crippen LogP contribution in [0.3, 0.4) is 0 Å². The number of nitrogens with zero attached hydrogens (tertiary/aromatic N) is 2. The van der Waals surface area contributed by atoms with Gasteiger partial charge in [0.2, 0.25) is 0 Å². The van der Waals surface area contributed by atoms with Gasteiger partial charge in [0, 0.05) is 18.8 Å². The van der Waals surface area contributed by atoms with E-state index >= 15 is 0 Å². The summed E-state index contributed by atoms with van der Waals surface area (Å²) in [5, 5.41) is 17.9. The summed E-state index contributed by atoms with van der Waals surface area (Å²) in [7, 11) is 0. The number of aliphatic carboxylic acids is 1. The van der Waals surface area contributed by atoms with Crippen LogP contribution in [0.4, 0.5) is 5.69 Å². The molecule has 6 heteroatoms. The molecule has 1 heterocycles. The fourth-order valence-corrected chi connectivity index (χ4v) is 2.60. The Morgan fingerprint density at radius 2 is 2.19 bits per heavy atom. The number of rotatable bonds is 5. The van der Waals surface area contributed by atoms with Gasteiger partial charge in [-0.1, -0.05) is 11.6 Å². The highest BCUT2D eigenvalue weighted by Gasteiger charge is 2.20. The third kappa shape index (κ3) is 4.35. The topological polar surface area (TPSA) is 73.6 Å². The van der Waals surface area contributed by atoms with E-state index in [0.717, 1.165) is 31.6 Å². The number of carbonyl (C=O) groups is 1. The zero-order valence-electron chi connectivity index (χ0n) is 11.6. The van der Waals surface area contributed by atoms with Crippen molar-refractivity contribution in [3.63, 3.8) is 0 Å². The predicted molar refractivity (Wildman–Crippen MR) is 79.6 cm³/mol. The first-order valence-corrected chi connectivity index (χ1v) is 7.26. The van der Waals surface area contributed by atoms with Gasteiger partial charge in [0.25, 0.3) is 0 Å². The third-order valence-corrected chi connectivity index (χ3v) is 3.86. The lowest BCUT2D eigenvalue weighted by atomic mass is 10.1. The van der Waals surface area contributed by atoms with Crippen molar-refractivity contribution in [1.82, 2.24) is 0 Å². The molecule has 1 aliphatic rings. The zero-order valence-corrected chi connectivity index (χ0v) is 12.3. The van der Waals surface area contributed by atoms with Crippen LogP contribution in [-0.2, 0) is 9.53 Å². The van der Waals surface area contributed by atoms with Crippen molar-refractivity contribution in [3.05, 3.63) is 28.8 Å². The van der Waals surface area contributed by atoms with E-state index in [1.54, 1.807) is 6.07 Å². The van der Waals surface area contributed by atoms with Crippen LogP contribution in [0.1, 0.15) is 24.8 Å². The molecule has 21 heavy (non-hydrogen) atoms. The number of ether oxygens (including phenoxy) is 1. The first-order valence-electron chi connectivity index (χ1n) is 6.88. The fourth-order valence-electron chi connectivity index (χ4n) is 2.38. The van der Waals surface area contributed by atoms with Gasteiger partial charge in [-0.2, -0.15) is 5.26 Å². The molecule has 1 aromatic rings. The number of piperidine rings is 1. The number of carboxylic acids is 1. The molecule has 0 bridgehead atoms. The summed E-state index contributed by atoms with van der Waals surface area (Å²) in [4.78, 5) is 12.6. The Labute approximate surface area is 128 Å². The van der Waals surface area contributed by atoms with Crippen LogP contribution in [0.2, 0.25) is 5.02 Å². The Hall–Kier alpha value is -1.77. The highest BCUT2D eigenvalue weighted by Crippen LogP contribution is 2.26. The lowest BCUT2D eigenvalue weighted by molar-refractivity contribution is -0.138. The molecule has 0 saturated carbocycles. The van der Waals surface area contributed by atoms with E-state index in [1.165, 1.54) is 0 Å². The molecule has 1 N–H and O–H groups in total. The summed E-state index contributed by atoms with van der Waals surface area (Å²) >= 11 is 6.05. The van der Waals surface area contributed by atoms with Gasteiger partial charge in [-0.3, -0.25) is 4.79 Å². The molecule has 1 aliphatic heterocycles. The Morgan fingerprint density at radius 3 is 2.76 bits per heavy atom. The number of nitriles is 1. The van der Waals surface area contributed by atoms with Gasteiger partial charge in [0.1, 0.15) is 6.07 Å². The van der Waals surface area contributed by atoms with Crippen LogP contribution in [0.15, 0.2) is 18.2 Å². The zero-order chi connectivity index (χ0) is 15.2. The average molecular weight is 309 g/mol. The van der Waals surface area contributed by atoms with Crippen molar-refractivity contribution >= 4 is 23.3 Å². The summed E-state index contributed by atoms with van der Waals surface area (Å²) in [6.45, 7) is 1.93. The highest BCUT2D eigenvalue weighted by atomic mass is 35.5. The first kappa shape index (κ1) is 15.6. The maximum atomic E-state index is 10.4. The fraction of sp³-hybridized carbons (Fsp3) is 0.467. The SMILES string of the molecule is N#Cc1ccc(N2CCC(OCCC(=O)O)CC2)cc1Cl. The van der Waals surface area contributed by atoms with E-state index in [1.807, 2.05) is 18.2 Å². The van der Waals surface area contributed by atoms with Crippen molar-refractivity contribution in [3.8, 4) is 6.07 Å². The van der Waals surface area contributed by atoms with Gasteiger partial charge in [0.15, 0.2) is 0 Å². The van der Waals surface area contributed by atoms with Gasteiger partial charge in [-0.25, -0.2) is 0 Å². The summed E-state index contributed by atoms with van der Waals surface area (Å²) in [6, 6.07) is 7.49. The number of hydrogen-bond donors (Lipinski definition) is 1. The minimum atomic E-state index is -0.834. The molecule has 1 aromatic carbocycles. The summed E-state index contributed by atoms with van der Waals surface area (Å²) in [5.41, 5.74) is 1.48. The lowest BCUT2D eigenvalue weighted by Crippen LogP contribution is -2.37. The number of halogens is 1. The van der Waals surface area contributed by atoms with Gasteiger partial charge in [-0.15, -0.1) is 0 Å².